The SMILES string of the molecule is CCC(NC)c1cc(C)on1. The van der Waals surface area contributed by atoms with Gasteiger partial charge in [0, 0.05) is 6.07 Å². The molecule has 3 nitrogen and oxygen atoms in total. The van der Waals surface area contributed by atoms with Crippen molar-refractivity contribution in [3.05, 3.63) is 17.5 Å². The standard InChI is InChI=1S/C8H14N2O/c1-4-7(9-3)8-5-6(2)11-10-8/h5,7,9H,4H2,1-3H3. The van der Waals surface area contributed by atoms with Crippen molar-refractivity contribution in [1.82, 2.24) is 10.5 Å². The van der Waals surface area contributed by atoms with Gasteiger partial charge in [-0.15, -0.1) is 0 Å². The molecule has 0 saturated carbocycles. The van der Waals surface area contributed by atoms with Crippen LogP contribution in [0.3, 0.4) is 0 Å². The molecule has 1 unspecified atom stereocenters. The summed E-state index contributed by atoms with van der Waals surface area (Å²) in [6.45, 7) is 4.02. The Hall–Kier alpha value is -0.830. The van der Waals surface area contributed by atoms with Crippen LogP contribution in [-0.2, 0) is 0 Å². The van der Waals surface area contributed by atoms with Crippen LogP contribution in [0.1, 0.15) is 30.8 Å². The molecule has 1 heterocycles. The highest BCUT2D eigenvalue weighted by molar-refractivity contribution is 5.08. The fourth-order valence-electron chi connectivity index (χ4n) is 1.11. The van der Waals surface area contributed by atoms with Gasteiger partial charge in [0.15, 0.2) is 0 Å². The zero-order valence-electron chi connectivity index (χ0n) is 7.22. The first-order chi connectivity index (χ1) is 5.27. The van der Waals surface area contributed by atoms with Crippen molar-refractivity contribution >= 4 is 0 Å². The van der Waals surface area contributed by atoms with E-state index in [1.165, 1.54) is 0 Å². The number of aryl methyl sites for hydroxylation is 1. The van der Waals surface area contributed by atoms with E-state index < -0.39 is 0 Å². The number of nitrogens with one attached hydrogen (secondary N) is 1. The fraction of sp³-hybridized carbons (Fsp3) is 0.625. The van der Waals surface area contributed by atoms with E-state index in [-0.39, 0.29) is 0 Å². The molecule has 1 aromatic rings. The third-order valence-corrected chi connectivity index (χ3v) is 1.76. The Morgan fingerprint density at radius 3 is 2.82 bits per heavy atom. The predicted molar refractivity (Wildman–Crippen MR) is 43.3 cm³/mol. The van der Waals surface area contributed by atoms with E-state index in [4.69, 9.17) is 4.52 Å². The molecule has 0 radical (unpaired) electrons. The van der Waals surface area contributed by atoms with Gasteiger partial charge in [0.05, 0.1) is 6.04 Å². The van der Waals surface area contributed by atoms with Crippen molar-refractivity contribution < 1.29 is 4.52 Å². The van der Waals surface area contributed by atoms with Gasteiger partial charge in [-0.3, -0.25) is 0 Å². The molecular weight excluding hydrogens is 140 g/mol. The first-order valence-corrected chi connectivity index (χ1v) is 3.88. The second-order valence-electron chi connectivity index (χ2n) is 2.61. The maximum Gasteiger partial charge on any atom is 0.133 e. The van der Waals surface area contributed by atoms with Crippen LogP contribution in [0.2, 0.25) is 0 Å². The van der Waals surface area contributed by atoms with Crippen LogP contribution in [-0.4, -0.2) is 12.2 Å². The summed E-state index contributed by atoms with van der Waals surface area (Å²) in [6.07, 6.45) is 1.03. The monoisotopic (exact) mass is 154 g/mol. The second-order valence-corrected chi connectivity index (χ2v) is 2.61. The van der Waals surface area contributed by atoms with Crippen LogP contribution in [0.5, 0.6) is 0 Å². The van der Waals surface area contributed by atoms with Crippen LogP contribution < -0.4 is 5.32 Å². The molecule has 0 aliphatic carbocycles. The minimum Gasteiger partial charge on any atom is -0.361 e. The highest BCUT2D eigenvalue weighted by Crippen LogP contribution is 2.14. The normalized spacial score (nSPS) is 13.4. The van der Waals surface area contributed by atoms with Gasteiger partial charge in [-0.2, -0.15) is 0 Å². The molecule has 0 aromatic carbocycles. The van der Waals surface area contributed by atoms with Crippen molar-refractivity contribution in [2.75, 3.05) is 7.05 Å². The van der Waals surface area contributed by atoms with Gasteiger partial charge in [-0.25, -0.2) is 0 Å². The Morgan fingerprint density at radius 2 is 2.45 bits per heavy atom. The maximum absolute atomic E-state index is 4.96. The average Bonchev–Trinajstić information content (AvgIpc) is 2.39. The molecule has 62 valence electrons. The van der Waals surface area contributed by atoms with Crippen LogP contribution in [0.25, 0.3) is 0 Å². The molecule has 11 heavy (non-hydrogen) atoms. The summed E-state index contributed by atoms with van der Waals surface area (Å²) >= 11 is 0. The molecule has 3 heteroatoms. The Bertz CT molecular complexity index is 216. The Balaban J connectivity index is 2.73. The van der Waals surface area contributed by atoms with Crippen molar-refractivity contribution in [3.8, 4) is 0 Å². The van der Waals surface area contributed by atoms with Gasteiger partial charge in [0.1, 0.15) is 11.5 Å². The molecule has 0 aliphatic rings. The van der Waals surface area contributed by atoms with E-state index in [1.807, 2.05) is 20.0 Å². The van der Waals surface area contributed by atoms with Crippen molar-refractivity contribution in [3.63, 3.8) is 0 Å². The van der Waals surface area contributed by atoms with Gasteiger partial charge < -0.3 is 9.84 Å². The minimum absolute atomic E-state index is 0.326. The largest absolute Gasteiger partial charge is 0.361 e. The number of hydrogen-bond acceptors (Lipinski definition) is 3. The minimum atomic E-state index is 0.326. The smallest absolute Gasteiger partial charge is 0.133 e. The summed E-state index contributed by atoms with van der Waals surface area (Å²) in [5.41, 5.74) is 0.993. The summed E-state index contributed by atoms with van der Waals surface area (Å²) in [6, 6.07) is 2.29. The number of nitrogens with zero attached hydrogens (tertiary/aromatic N) is 1. The van der Waals surface area contributed by atoms with E-state index in [0.717, 1.165) is 17.9 Å². The third-order valence-electron chi connectivity index (χ3n) is 1.76. The van der Waals surface area contributed by atoms with Gasteiger partial charge in [0.2, 0.25) is 0 Å². The van der Waals surface area contributed by atoms with Gasteiger partial charge in [-0.05, 0) is 20.4 Å². The zero-order valence-corrected chi connectivity index (χ0v) is 7.22. The first kappa shape index (κ1) is 8.27. The lowest BCUT2D eigenvalue weighted by Crippen LogP contribution is -2.15. The number of aromatic nitrogens is 1. The molecule has 0 fully saturated rings. The molecule has 0 amide bonds. The lowest BCUT2D eigenvalue weighted by Gasteiger charge is -2.08. The first-order valence-electron chi connectivity index (χ1n) is 3.88. The molecule has 1 aromatic heterocycles. The van der Waals surface area contributed by atoms with Gasteiger partial charge in [-0.1, -0.05) is 12.1 Å². The lowest BCUT2D eigenvalue weighted by molar-refractivity contribution is 0.379. The molecule has 0 spiro atoms. The van der Waals surface area contributed by atoms with E-state index in [9.17, 15) is 0 Å². The summed E-state index contributed by atoms with van der Waals surface area (Å²) in [5.74, 6) is 0.869. The van der Waals surface area contributed by atoms with Crippen LogP contribution in [0, 0.1) is 6.92 Å². The Labute approximate surface area is 66.8 Å². The van der Waals surface area contributed by atoms with E-state index in [1.54, 1.807) is 0 Å². The van der Waals surface area contributed by atoms with Crippen LogP contribution in [0.15, 0.2) is 10.6 Å². The Morgan fingerprint density at radius 1 is 1.73 bits per heavy atom. The van der Waals surface area contributed by atoms with E-state index >= 15 is 0 Å². The molecule has 0 saturated heterocycles. The van der Waals surface area contributed by atoms with E-state index in [2.05, 4.69) is 17.4 Å². The Kier molecular flexibility index (Phi) is 2.65. The lowest BCUT2D eigenvalue weighted by atomic mass is 10.1. The summed E-state index contributed by atoms with van der Waals surface area (Å²) in [4.78, 5) is 0. The molecule has 1 rings (SSSR count). The molecule has 0 aliphatic heterocycles. The van der Waals surface area contributed by atoms with Crippen molar-refractivity contribution in [1.29, 1.82) is 0 Å². The molecular formula is C8H14N2O. The summed E-state index contributed by atoms with van der Waals surface area (Å²) in [7, 11) is 1.93. The highest BCUT2D eigenvalue weighted by Gasteiger charge is 2.10. The molecule has 1 atom stereocenters. The van der Waals surface area contributed by atoms with Gasteiger partial charge >= 0.3 is 0 Å². The average molecular weight is 154 g/mol. The number of hydrogen-bond donors (Lipinski definition) is 1. The van der Waals surface area contributed by atoms with Crippen molar-refractivity contribution in [2.24, 2.45) is 0 Å². The topological polar surface area (TPSA) is 38.1 Å². The van der Waals surface area contributed by atoms with Gasteiger partial charge in [0.25, 0.3) is 0 Å². The molecule has 1 N–H and O–H groups in total. The number of rotatable bonds is 3. The summed E-state index contributed by atoms with van der Waals surface area (Å²) < 4.78 is 4.96. The van der Waals surface area contributed by atoms with Crippen molar-refractivity contribution in [2.45, 2.75) is 26.3 Å². The molecule has 0 bridgehead atoms. The second kappa shape index (κ2) is 3.53. The quantitative estimate of drug-likeness (QED) is 0.719. The van der Waals surface area contributed by atoms with E-state index in [0.29, 0.717) is 6.04 Å². The van der Waals surface area contributed by atoms with Crippen LogP contribution >= 0.6 is 0 Å². The fourth-order valence-corrected chi connectivity index (χ4v) is 1.11. The summed E-state index contributed by atoms with van der Waals surface area (Å²) in [5, 5.41) is 7.08. The van der Waals surface area contributed by atoms with Crippen LogP contribution in [0.4, 0.5) is 0 Å². The third kappa shape index (κ3) is 1.80. The maximum atomic E-state index is 4.96. The zero-order chi connectivity index (χ0) is 8.27. The highest BCUT2D eigenvalue weighted by atomic mass is 16.5. The predicted octanol–water partition coefficient (Wildman–Crippen LogP) is 1.65.